The minimum atomic E-state index is -0.605. The summed E-state index contributed by atoms with van der Waals surface area (Å²) in [7, 11) is 0. The molecular formula is C22H19Cl2FN4O3. The van der Waals surface area contributed by atoms with Crippen molar-refractivity contribution in [2.45, 2.75) is 25.4 Å². The summed E-state index contributed by atoms with van der Waals surface area (Å²) in [6, 6.07) is 11.0. The standard InChI is InChI=1S/C22H19Cl2FN4O3/c1-22(21-27-19(28-29-21)11-31-15-4-2-13(23)3-5-15)9-14(10-22)26-20(30)12-32-16-6-7-17(24)18(25)8-16/h2-9H,10-12H2,1H3,(H,26,30)(H,27,28,29). The zero-order chi connectivity index (χ0) is 22.7. The van der Waals surface area contributed by atoms with Gasteiger partial charge in [-0.3, -0.25) is 4.79 Å². The molecule has 166 valence electrons. The van der Waals surface area contributed by atoms with Crippen molar-refractivity contribution in [2.75, 3.05) is 6.61 Å². The van der Waals surface area contributed by atoms with Crippen LogP contribution in [0.1, 0.15) is 25.0 Å². The number of aromatic nitrogens is 3. The number of carbonyl (C=O) groups is 1. The van der Waals surface area contributed by atoms with Gasteiger partial charge in [-0.25, -0.2) is 4.39 Å². The van der Waals surface area contributed by atoms with Crippen LogP contribution >= 0.6 is 23.2 Å². The van der Waals surface area contributed by atoms with E-state index in [9.17, 15) is 9.18 Å². The van der Waals surface area contributed by atoms with E-state index < -0.39 is 5.82 Å². The molecule has 1 aliphatic carbocycles. The second-order valence-corrected chi connectivity index (χ2v) is 8.38. The Kier molecular flexibility index (Phi) is 6.34. The summed E-state index contributed by atoms with van der Waals surface area (Å²) in [5.74, 6) is 1.22. The molecule has 0 saturated carbocycles. The zero-order valence-electron chi connectivity index (χ0n) is 17.0. The molecule has 1 amide bonds. The number of hydrogen-bond donors (Lipinski definition) is 2. The number of nitrogens with zero attached hydrogens (tertiary/aromatic N) is 2. The van der Waals surface area contributed by atoms with E-state index in [2.05, 4.69) is 20.5 Å². The maximum absolute atomic E-state index is 13.4. The maximum Gasteiger partial charge on any atom is 0.262 e. The van der Waals surface area contributed by atoms with Gasteiger partial charge >= 0.3 is 0 Å². The average molecular weight is 477 g/mol. The first-order chi connectivity index (χ1) is 15.3. The van der Waals surface area contributed by atoms with Crippen molar-refractivity contribution in [1.29, 1.82) is 0 Å². The van der Waals surface area contributed by atoms with Crippen molar-refractivity contribution in [1.82, 2.24) is 20.5 Å². The molecule has 0 bridgehead atoms. The molecule has 2 N–H and O–H groups in total. The molecule has 2 aromatic carbocycles. The first kappa shape index (κ1) is 22.1. The molecule has 3 aromatic rings. The van der Waals surface area contributed by atoms with Gasteiger partial charge in [0.15, 0.2) is 12.4 Å². The summed E-state index contributed by atoms with van der Waals surface area (Å²) in [5, 5.41) is 11.7. The molecule has 1 heterocycles. The van der Waals surface area contributed by atoms with Crippen molar-refractivity contribution in [3.63, 3.8) is 0 Å². The number of rotatable bonds is 8. The Labute approximate surface area is 193 Å². The van der Waals surface area contributed by atoms with E-state index in [1.54, 1.807) is 24.3 Å². The summed E-state index contributed by atoms with van der Waals surface area (Å²) in [4.78, 5) is 15.3. The number of nitrogens with one attached hydrogen (secondary N) is 2. The quantitative estimate of drug-likeness (QED) is 0.496. The largest absolute Gasteiger partial charge is 0.486 e. The van der Waals surface area contributed by atoms with Gasteiger partial charge < -0.3 is 19.8 Å². The van der Waals surface area contributed by atoms with E-state index in [1.165, 1.54) is 12.1 Å². The van der Waals surface area contributed by atoms with E-state index in [0.29, 0.717) is 28.8 Å². The zero-order valence-corrected chi connectivity index (χ0v) is 18.5. The van der Waals surface area contributed by atoms with Gasteiger partial charge in [0.05, 0.1) is 10.4 Å². The van der Waals surface area contributed by atoms with E-state index in [4.69, 9.17) is 32.7 Å². The van der Waals surface area contributed by atoms with E-state index in [0.717, 1.165) is 11.8 Å². The Morgan fingerprint density at radius 2 is 1.88 bits per heavy atom. The minimum Gasteiger partial charge on any atom is -0.486 e. The van der Waals surface area contributed by atoms with Gasteiger partial charge in [0.25, 0.3) is 5.91 Å². The Morgan fingerprint density at radius 3 is 2.59 bits per heavy atom. The highest BCUT2D eigenvalue weighted by Crippen LogP contribution is 2.38. The normalized spacial score (nSPS) is 17.3. The SMILES string of the molecule is CC1(c2nnc(COc3ccc(Cl)cc3)[nH]2)C=C(NC(=O)COc2ccc(Cl)c(F)c2)C1. The lowest BCUT2D eigenvalue weighted by Crippen LogP contribution is -2.39. The Bertz CT molecular complexity index is 1170. The van der Waals surface area contributed by atoms with Crippen LogP contribution in [-0.2, 0) is 16.8 Å². The molecule has 1 aliphatic rings. The third kappa shape index (κ3) is 5.20. The molecule has 0 fully saturated rings. The molecule has 0 spiro atoms. The lowest BCUT2D eigenvalue weighted by molar-refractivity contribution is -0.122. The van der Waals surface area contributed by atoms with Gasteiger partial charge in [-0.2, -0.15) is 0 Å². The van der Waals surface area contributed by atoms with Crippen LogP contribution in [0.4, 0.5) is 4.39 Å². The number of halogens is 3. The minimum absolute atomic E-state index is 0.00664. The number of amides is 1. The van der Waals surface area contributed by atoms with Gasteiger partial charge in [0, 0.05) is 23.2 Å². The Morgan fingerprint density at radius 1 is 1.16 bits per heavy atom. The van der Waals surface area contributed by atoms with Crippen LogP contribution in [0.5, 0.6) is 11.5 Å². The molecule has 0 saturated heterocycles. The highest BCUT2D eigenvalue weighted by molar-refractivity contribution is 6.30. The number of benzene rings is 2. The van der Waals surface area contributed by atoms with Crippen LogP contribution in [-0.4, -0.2) is 27.7 Å². The Hall–Kier alpha value is -3.10. The molecule has 4 rings (SSSR count). The summed E-state index contributed by atoms with van der Waals surface area (Å²) in [5.41, 5.74) is 0.368. The van der Waals surface area contributed by atoms with E-state index in [-0.39, 0.29) is 35.3 Å². The highest BCUT2D eigenvalue weighted by atomic mass is 35.5. The number of allylic oxidation sites excluding steroid dienone is 2. The van der Waals surface area contributed by atoms with Crippen LogP contribution in [0.25, 0.3) is 0 Å². The van der Waals surface area contributed by atoms with Gasteiger partial charge in [0.1, 0.15) is 29.7 Å². The maximum atomic E-state index is 13.4. The summed E-state index contributed by atoms with van der Waals surface area (Å²) in [6.45, 7) is 1.98. The van der Waals surface area contributed by atoms with Gasteiger partial charge in [-0.1, -0.05) is 29.3 Å². The summed E-state index contributed by atoms with van der Waals surface area (Å²) >= 11 is 11.5. The van der Waals surface area contributed by atoms with Gasteiger partial charge in [0.2, 0.25) is 0 Å². The third-order valence-corrected chi connectivity index (χ3v) is 5.43. The van der Waals surface area contributed by atoms with Crippen molar-refractivity contribution in [3.8, 4) is 11.5 Å². The summed E-state index contributed by atoms with van der Waals surface area (Å²) in [6.07, 6.45) is 2.47. The van der Waals surface area contributed by atoms with Crippen LogP contribution in [0.3, 0.4) is 0 Å². The molecule has 1 unspecified atom stereocenters. The van der Waals surface area contributed by atoms with E-state index in [1.807, 2.05) is 13.0 Å². The number of ether oxygens (including phenoxy) is 2. The fourth-order valence-corrected chi connectivity index (χ4v) is 3.46. The second kappa shape index (κ2) is 9.18. The fourth-order valence-electron chi connectivity index (χ4n) is 3.22. The number of carbonyl (C=O) groups excluding carboxylic acids is 1. The fraction of sp³-hybridized carbons (Fsp3) is 0.227. The molecular weight excluding hydrogens is 458 g/mol. The number of aromatic amines is 1. The average Bonchev–Trinajstić information content (AvgIpc) is 3.22. The van der Waals surface area contributed by atoms with Crippen LogP contribution in [0.2, 0.25) is 10.0 Å². The van der Waals surface area contributed by atoms with E-state index >= 15 is 0 Å². The molecule has 0 radical (unpaired) electrons. The van der Waals surface area contributed by atoms with Crippen molar-refractivity contribution < 1.29 is 18.7 Å². The topological polar surface area (TPSA) is 89.1 Å². The monoisotopic (exact) mass is 476 g/mol. The van der Waals surface area contributed by atoms with Crippen molar-refractivity contribution in [3.05, 3.63) is 81.7 Å². The van der Waals surface area contributed by atoms with Crippen LogP contribution < -0.4 is 14.8 Å². The molecule has 0 aliphatic heterocycles. The molecule has 10 heteroatoms. The molecule has 32 heavy (non-hydrogen) atoms. The van der Waals surface area contributed by atoms with Crippen LogP contribution in [0, 0.1) is 5.82 Å². The second-order valence-electron chi connectivity index (χ2n) is 7.54. The smallest absolute Gasteiger partial charge is 0.262 e. The van der Waals surface area contributed by atoms with Crippen LogP contribution in [0.15, 0.2) is 54.2 Å². The molecule has 1 aromatic heterocycles. The number of H-pyrrole nitrogens is 1. The van der Waals surface area contributed by atoms with Crippen molar-refractivity contribution >= 4 is 29.1 Å². The highest BCUT2D eigenvalue weighted by Gasteiger charge is 2.37. The molecule has 1 atom stereocenters. The van der Waals surface area contributed by atoms with Gasteiger partial charge in [-0.15, -0.1) is 10.2 Å². The predicted octanol–water partition coefficient (Wildman–Crippen LogP) is 4.57. The first-order valence-electron chi connectivity index (χ1n) is 9.70. The summed E-state index contributed by atoms with van der Waals surface area (Å²) < 4.78 is 24.4. The lowest BCUT2D eigenvalue weighted by atomic mass is 9.75. The molecule has 7 nitrogen and oxygen atoms in total. The van der Waals surface area contributed by atoms with Gasteiger partial charge in [-0.05, 0) is 43.3 Å². The number of hydrogen-bond acceptors (Lipinski definition) is 5. The lowest BCUT2D eigenvalue weighted by Gasteiger charge is -2.34. The third-order valence-electron chi connectivity index (χ3n) is 4.88. The van der Waals surface area contributed by atoms with Crippen molar-refractivity contribution in [2.24, 2.45) is 0 Å². The first-order valence-corrected chi connectivity index (χ1v) is 10.5. The Balaban J connectivity index is 1.27. The predicted molar refractivity (Wildman–Crippen MR) is 117 cm³/mol.